The van der Waals surface area contributed by atoms with Gasteiger partial charge in [-0.05, 0) is 49.9 Å². The average molecular weight is 329 g/mol. The highest BCUT2D eigenvalue weighted by atomic mass is 16.2. The van der Waals surface area contributed by atoms with Gasteiger partial charge in [-0.25, -0.2) is 0 Å². The van der Waals surface area contributed by atoms with Crippen LogP contribution in [0.5, 0.6) is 0 Å². The highest BCUT2D eigenvalue weighted by Crippen LogP contribution is 2.46. The first kappa shape index (κ1) is 14.9. The predicted octanol–water partition coefficient (Wildman–Crippen LogP) is 1.63. The third-order valence-electron chi connectivity index (χ3n) is 6.67. The second-order valence-electron chi connectivity index (χ2n) is 8.34. The van der Waals surface area contributed by atoms with E-state index < -0.39 is 0 Å². The van der Waals surface area contributed by atoms with Crippen LogP contribution in [0.4, 0.5) is 0 Å². The first-order chi connectivity index (χ1) is 11.8. The second-order valence-corrected chi connectivity index (χ2v) is 8.34. The van der Waals surface area contributed by atoms with Gasteiger partial charge in [0.2, 0.25) is 0 Å². The van der Waals surface area contributed by atoms with Gasteiger partial charge in [-0.15, -0.1) is 5.10 Å². The summed E-state index contributed by atoms with van der Waals surface area (Å²) in [5.74, 6) is 2.73. The number of aromatic nitrogens is 3. The lowest BCUT2D eigenvalue weighted by Crippen LogP contribution is -2.53. The van der Waals surface area contributed by atoms with Gasteiger partial charge < -0.3 is 4.90 Å². The summed E-state index contributed by atoms with van der Waals surface area (Å²) >= 11 is 0. The highest BCUT2D eigenvalue weighted by Gasteiger charge is 2.43. The minimum atomic E-state index is 0.0599. The summed E-state index contributed by atoms with van der Waals surface area (Å²) in [5.41, 5.74) is 0.518. The number of fused-ring (bicyclic) bond motifs is 2. The zero-order valence-corrected chi connectivity index (χ0v) is 14.3. The molecule has 4 aliphatic rings. The Bertz CT molecular complexity index is 617. The van der Waals surface area contributed by atoms with Gasteiger partial charge in [-0.2, -0.15) is 0 Å². The Morgan fingerprint density at radius 1 is 1.08 bits per heavy atom. The molecule has 1 aliphatic heterocycles. The van der Waals surface area contributed by atoms with Crippen molar-refractivity contribution in [3.63, 3.8) is 0 Å². The molecule has 3 saturated carbocycles. The Morgan fingerprint density at radius 3 is 2.58 bits per heavy atom. The molecular formula is C18H27N5O. The smallest absolute Gasteiger partial charge is 0.276 e. The quantitative estimate of drug-likeness (QED) is 0.843. The van der Waals surface area contributed by atoms with E-state index in [2.05, 4.69) is 15.2 Å². The van der Waals surface area contributed by atoms with Gasteiger partial charge in [-0.3, -0.25) is 14.4 Å². The van der Waals surface area contributed by atoms with Gasteiger partial charge in [0, 0.05) is 38.8 Å². The molecule has 0 radical (unpaired) electrons. The molecule has 5 rings (SSSR count). The lowest BCUT2D eigenvalue weighted by molar-refractivity contribution is 0.0491. The van der Waals surface area contributed by atoms with Crippen molar-refractivity contribution >= 4 is 5.91 Å². The number of hydrogen-bond donors (Lipinski definition) is 0. The van der Waals surface area contributed by atoms with E-state index in [0.29, 0.717) is 5.69 Å². The molecule has 1 saturated heterocycles. The molecule has 2 bridgehead atoms. The Hall–Kier alpha value is -1.43. The minimum Gasteiger partial charge on any atom is -0.335 e. The van der Waals surface area contributed by atoms with Crippen LogP contribution in [0.25, 0.3) is 0 Å². The van der Waals surface area contributed by atoms with Crippen LogP contribution < -0.4 is 0 Å². The standard InChI is InChI=1S/C18H27N5O/c24-18(16-12-23(20-19-16)11-13-1-2-13)22-7-5-21(6-8-22)17-10-14-3-4-15(17)9-14/h12-15,17H,1-11H2/t14-,15+,17-/m1/s1. The van der Waals surface area contributed by atoms with E-state index >= 15 is 0 Å². The van der Waals surface area contributed by atoms with E-state index in [4.69, 9.17) is 0 Å². The van der Waals surface area contributed by atoms with E-state index in [9.17, 15) is 4.79 Å². The number of piperazine rings is 1. The summed E-state index contributed by atoms with van der Waals surface area (Å²) < 4.78 is 1.84. The van der Waals surface area contributed by atoms with E-state index in [-0.39, 0.29) is 5.91 Å². The topological polar surface area (TPSA) is 54.3 Å². The number of nitrogens with zero attached hydrogens (tertiary/aromatic N) is 5. The maximum absolute atomic E-state index is 12.7. The van der Waals surface area contributed by atoms with Gasteiger partial charge in [0.15, 0.2) is 5.69 Å². The zero-order valence-electron chi connectivity index (χ0n) is 14.3. The molecule has 1 aromatic rings. The summed E-state index contributed by atoms with van der Waals surface area (Å²) in [7, 11) is 0. The number of carbonyl (C=O) groups excluding carboxylic acids is 1. The largest absolute Gasteiger partial charge is 0.335 e. The van der Waals surface area contributed by atoms with Crippen molar-refractivity contribution < 1.29 is 4.79 Å². The third-order valence-corrected chi connectivity index (χ3v) is 6.67. The monoisotopic (exact) mass is 329 g/mol. The van der Waals surface area contributed by atoms with Gasteiger partial charge in [-0.1, -0.05) is 11.6 Å². The Balaban J connectivity index is 1.17. The summed E-state index contributed by atoms with van der Waals surface area (Å²) in [6.45, 7) is 4.63. The second kappa shape index (κ2) is 5.83. The Morgan fingerprint density at radius 2 is 1.92 bits per heavy atom. The van der Waals surface area contributed by atoms with Crippen LogP contribution in [-0.2, 0) is 6.54 Å². The summed E-state index contributed by atoms with van der Waals surface area (Å²) in [4.78, 5) is 17.3. The van der Waals surface area contributed by atoms with Crippen LogP contribution in [0.2, 0.25) is 0 Å². The van der Waals surface area contributed by atoms with Crippen molar-refractivity contribution in [2.24, 2.45) is 17.8 Å². The third kappa shape index (κ3) is 2.75. The van der Waals surface area contributed by atoms with E-state index in [1.54, 1.807) is 0 Å². The molecule has 6 heteroatoms. The molecule has 4 fully saturated rings. The van der Waals surface area contributed by atoms with Crippen LogP contribution in [-0.4, -0.2) is 62.9 Å². The maximum atomic E-state index is 12.7. The van der Waals surface area contributed by atoms with Gasteiger partial charge >= 0.3 is 0 Å². The molecule has 6 nitrogen and oxygen atoms in total. The fourth-order valence-electron chi connectivity index (χ4n) is 5.13. The average Bonchev–Trinajstić information content (AvgIpc) is 3.03. The van der Waals surface area contributed by atoms with E-state index in [1.165, 1.54) is 38.5 Å². The van der Waals surface area contributed by atoms with Crippen molar-refractivity contribution in [1.82, 2.24) is 24.8 Å². The normalized spacial score (nSPS) is 33.3. The molecule has 0 unspecified atom stereocenters. The maximum Gasteiger partial charge on any atom is 0.276 e. The van der Waals surface area contributed by atoms with Crippen LogP contribution >= 0.6 is 0 Å². The lowest BCUT2D eigenvalue weighted by atomic mass is 9.93. The molecule has 0 spiro atoms. The van der Waals surface area contributed by atoms with Crippen LogP contribution in [0.1, 0.15) is 49.0 Å². The summed E-state index contributed by atoms with van der Waals surface area (Å²) in [5, 5.41) is 8.23. The summed E-state index contributed by atoms with van der Waals surface area (Å²) in [6, 6.07) is 0.792. The molecule has 0 N–H and O–H groups in total. The lowest BCUT2D eigenvalue weighted by Gasteiger charge is -2.40. The molecule has 24 heavy (non-hydrogen) atoms. The number of rotatable bonds is 4. The minimum absolute atomic E-state index is 0.0599. The van der Waals surface area contributed by atoms with Gasteiger partial charge in [0.25, 0.3) is 5.91 Å². The van der Waals surface area contributed by atoms with Crippen molar-refractivity contribution in [2.75, 3.05) is 26.2 Å². The van der Waals surface area contributed by atoms with Crippen LogP contribution in [0, 0.1) is 17.8 Å². The Labute approximate surface area is 143 Å². The molecule has 2 heterocycles. The number of hydrogen-bond acceptors (Lipinski definition) is 4. The fourth-order valence-corrected chi connectivity index (χ4v) is 5.13. The first-order valence-corrected chi connectivity index (χ1v) is 9.70. The molecule has 1 amide bonds. The van der Waals surface area contributed by atoms with Crippen LogP contribution in [0.3, 0.4) is 0 Å². The molecule has 3 aliphatic carbocycles. The fraction of sp³-hybridized carbons (Fsp3) is 0.833. The van der Waals surface area contributed by atoms with Crippen molar-refractivity contribution in [3.8, 4) is 0 Å². The Kier molecular flexibility index (Phi) is 3.61. The van der Waals surface area contributed by atoms with E-state index in [1.807, 2.05) is 15.8 Å². The molecule has 3 atom stereocenters. The molecule has 130 valence electrons. The number of amides is 1. The molecule has 1 aromatic heterocycles. The van der Waals surface area contributed by atoms with Gasteiger partial charge in [0.05, 0.1) is 6.20 Å². The van der Waals surface area contributed by atoms with Crippen LogP contribution in [0.15, 0.2) is 6.20 Å². The van der Waals surface area contributed by atoms with Crippen molar-refractivity contribution in [2.45, 2.75) is 51.1 Å². The molecular weight excluding hydrogens is 302 g/mol. The first-order valence-electron chi connectivity index (χ1n) is 9.70. The summed E-state index contributed by atoms with van der Waals surface area (Å²) in [6.07, 6.45) is 10.1. The zero-order chi connectivity index (χ0) is 16.1. The number of carbonyl (C=O) groups is 1. The van der Waals surface area contributed by atoms with Crippen molar-refractivity contribution in [1.29, 1.82) is 0 Å². The molecule has 0 aromatic carbocycles. The highest BCUT2D eigenvalue weighted by molar-refractivity contribution is 5.92. The van der Waals surface area contributed by atoms with E-state index in [0.717, 1.165) is 56.5 Å². The predicted molar refractivity (Wildman–Crippen MR) is 89.5 cm³/mol. The van der Waals surface area contributed by atoms with Gasteiger partial charge in [0.1, 0.15) is 0 Å². The van der Waals surface area contributed by atoms with Crippen molar-refractivity contribution in [3.05, 3.63) is 11.9 Å². The SMILES string of the molecule is O=C(c1cn(CC2CC2)nn1)N1CCN([C@@H]2C[C@@H]3CC[C@H]2C3)CC1.